The van der Waals surface area contributed by atoms with Crippen molar-refractivity contribution in [2.75, 3.05) is 0 Å². The number of carbonyl (C=O) groups is 2. The molecule has 2 aromatic heterocycles. The summed E-state index contributed by atoms with van der Waals surface area (Å²) in [6.07, 6.45) is 0.355. The van der Waals surface area contributed by atoms with E-state index in [4.69, 9.17) is 9.72 Å². The first-order chi connectivity index (χ1) is 15.7. The predicted molar refractivity (Wildman–Crippen MR) is 116 cm³/mol. The maximum Gasteiger partial charge on any atom is 1.00 e. The van der Waals surface area contributed by atoms with Crippen LogP contribution in [0.1, 0.15) is 49.4 Å². The minimum atomic E-state index is -2.43. The third-order valence-electron chi connectivity index (χ3n) is 6.20. The number of fused-ring (bicyclic) bond motifs is 4. The summed E-state index contributed by atoms with van der Waals surface area (Å²) in [5.74, 6) is -1.81. The van der Waals surface area contributed by atoms with Crippen molar-refractivity contribution in [1.82, 2.24) is 9.55 Å². The van der Waals surface area contributed by atoms with E-state index in [0.29, 0.717) is 29.1 Å². The van der Waals surface area contributed by atoms with Crippen molar-refractivity contribution in [2.45, 2.75) is 52.4 Å². The number of carbonyl (C=O) groups excluding carboxylic acids is 2. The zero-order valence-corrected chi connectivity index (χ0v) is 21.5. The number of pyridine rings is 2. The first-order valence-electron chi connectivity index (χ1n) is 10.6. The van der Waals surface area contributed by atoms with Crippen molar-refractivity contribution in [2.24, 2.45) is 0 Å². The normalized spacial score (nSPS) is 13.6. The molecule has 0 spiro atoms. The monoisotopic (exact) mass is 474 g/mol. The van der Waals surface area contributed by atoms with E-state index < -0.39 is 29.7 Å². The fourth-order valence-corrected chi connectivity index (χ4v) is 4.53. The number of hydrogen-bond donors (Lipinski definition) is 2. The second-order valence-electron chi connectivity index (χ2n) is 8.02. The van der Waals surface area contributed by atoms with Gasteiger partial charge in [0, 0.05) is 29.0 Å². The Morgan fingerprint density at radius 3 is 2.50 bits per heavy atom. The number of benzene rings is 1. The molecule has 1 atom stereocenters. The van der Waals surface area contributed by atoms with Crippen molar-refractivity contribution in [3.05, 3.63) is 56.9 Å². The third kappa shape index (κ3) is 3.97. The smallest absolute Gasteiger partial charge is 0.547 e. The summed E-state index contributed by atoms with van der Waals surface area (Å²) in [5.41, 5.74) is -0.263. The molecule has 0 saturated carbocycles. The van der Waals surface area contributed by atoms with Gasteiger partial charge in [-0.3, -0.25) is 9.59 Å². The number of aliphatic carboxylic acids is 1. The number of ether oxygens (including phenoxy) is 1. The van der Waals surface area contributed by atoms with Crippen LogP contribution in [0.3, 0.4) is 0 Å². The van der Waals surface area contributed by atoms with Crippen molar-refractivity contribution in [1.29, 1.82) is 0 Å². The zero-order chi connectivity index (χ0) is 24.1. The number of esters is 1. The molecule has 0 bridgehead atoms. The number of aliphatic hydroxyl groups excluding tert-OH is 1. The molecule has 2 N–H and O–H groups in total. The molecule has 0 saturated heterocycles. The predicted octanol–water partition coefficient (Wildman–Crippen LogP) is -2.24. The summed E-state index contributed by atoms with van der Waals surface area (Å²) in [6, 6.07) is 6.46. The van der Waals surface area contributed by atoms with Crippen LogP contribution in [-0.2, 0) is 34.8 Å². The largest absolute Gasteiger partial charge is 1.00 e. The van der Waals surface area contributed by atoms with Gasteiger partial charge in [0.25, 0.3) is 5.56 Å². The summed E-state index contributed by atoms with van der Waals surface area (Å²) < 4.78 is 6.62. The van der Waals surface area contributed by atoms with Crippen LogP contribution in [0.5, 0.6) is 5.75 Å². The summed E-state index contributed by atoms with van der Waals surface area (Å²) in [4.78, 5) is 41.1. The van der Waals surface area contributed by atoms with E-state index in [1.165, 1.54) is 24.5 Å². The molecule has 0 fully saturated rings. The van der Waals surface area contributed by atoms with Crippen LogP contribution >= 0.6 is 0 Å². The van der Waals surface area contributed by atoms with E-state index in [2.05, 4.69) is 0 Å². The molecular formula is C24H23N2NaO7. The quantitative estimate of drug-likeness (QED) is 0.182. The molecule has 0 aliphatic carbocycles. The molecule has 34 heavy (non-hydrogen) atoms. The minimum absolute atomic E-state index is 0. The van der Waals surface area contributed by atoms with E-state index in [9.17, 15) is 29.7 Å². The van der Waals surface area contributed by atoms with Crippen LogP contribution in [0.4, 0.5) is 0 Å². The molecule has 0 unspecified atom stereocenters. The molecule has 0 radical (unpaired) electrons. The number of carboxylic acids is 1. The molecule has 1 aromatic carbocycles. The van der Waals surface area contributed by atoms with Gasteiger partial charge >= 0.3 is 35.5 Å². The fraction of sp³-hybridized carbons (Fsp3) is 0.333. The molecule has 4 rings (SSSR count). The molecule has 3 aromatic rings. The maximum absolute atomic E-state index is 13.2. The number of aryl methyl sites for hydroxylation is 1. The number of aromatic nitrogens is 2. The Balaban J connectivity index is 0.00000324. The van der Waals surface area contributed by atoms with Crippen molar-refractivity contribution in [3.63, 3.8) is 0 Å². The van der Waals surface area contributed by atoms with Crippen LogP contribution < -0.4 is 45.0 Å². The second-order valence-corrected chi connectivity index (χ2v) is 8.02. The summed E-state index contributed by atoms with van der Waals surface area (Å²) in [7, 11) is 0. The molecule has 0 amide bonds. The first-order valence-corrected chi connectivity index (χ1v) is 10.6. The van der Waals surface area contributed by atoms with Gasteiger partial charge in [-0.25, -0.2) is 4.98 Å². The molecule has 172 valence electrons. The number of rotatable bonds is 6. The van der Waals surface area contributed by atoms with Crippen molar-refractivity contribution in [3.8, 4) is 17.1 Å². The average molecular weight is 474 g/mol. The van der Waals surface area contributed by atoms with E-state index in [0.717, 1.165) is 16.5 Å². The van der Waals surface area contributed by atoms with Crippen LogP contribution in [0.15, 0.2) is 29.1 Å². The first kappa shape index (κ1) is 26.1. The Morgan fingerprint density at radius 2 is 1.94 bits per heavy atom. The molecular weight excluding hydrogens is 451 g/mol. The van der Waals surface area contributed by atoms with Gasteiger partial charge in [-0.2, -0.15) is 0 Å². The minimum Gasteiger partial charge on any atom is -0.547 e. The van der Waals surface area contributed by atoms with Crippen LogP contribution in [0, 0.1) is 0 Å². The molecule has 9 nitrogen and oxygen atoms in total. The van der Waals surface area contributed by atoms with Gasteiger partial charge in [-0.1, -0.05) is 13.8 Å². The Kier molecular flexibility index (Phi) is 7.35. The van der Waals surface area contributed by atoms with Crippen LogP contribution in [-0.4, -0.2) is 31.7 Å². The number of carboxylic acid groups (broad SMARTS) is 1. The Hall–Kier alpha value is -2.56. The van der Waals surface area contributed by atoms with Crippen LogP contribution in [0.2, 0.25) is 0 Å². The SMILES string of the molecule is CCc1c2c(nc3ccc(OC(C)=O)cc13)-c1cc([C@@](O)(CC)C(=O)[O-])c(CO)c(=O)n1C2.[Na+]. The molecule has 1 aliphatic rings. The number of nitrogens with zero attached hydrogens (tertiary/aromatic N) is 2. The standard InChI is InChI=1S/C24H24N2O7.Na/c1-4-14-15-8-13(33-12(3)28)6-7-19(15)25-21-16(14)10-26-20(21)9-18(17(11-27)22(26)29)24(32,5-2)23(30)31;/h6-9,27,32H,4-5,10-11H2,1-3H3,(H,30,31);/q;+1/p-1/t24-;/m0./s1. The van der Waals surface area contributed by atoms with Gasteiger partial charge in [0.15, 0.2) is 0 Å². The zero-order valence-electron chi connectivity index (χ0n) is 19.5. The Morgan fingerprint density at radius 1 is 1.24 bits per heavy atom. The Bertz CT molecular complexity index is 1380. The van der Waals surface area contributed by atoms with Crippen LogP contribution in [0.25, 0.3) is 22.3 Å². The van der Waals surface area contributed by atoms with Gasteiger partial charge in [-0.15, -0.1) is 0 Å². The third-order valence-corrected chi connectivity index (χ3v) is 6.20. The van der Waals surface area contributed by atoms with Gasteiger partial charge in [-0.05, 0) is 42.7 Å². The average Bonchev–Trinajstić information content (AvgIpc) is 3.14. The van der Waals surface area contributed by atoms with Crippen molar-refractivity contribution < 1.29 is 59.2 Å². The molecule has 10 heteroatoms. The molecule has 3 heterocycles. The van der Waals surface area contributed by atoms with Gasteiger partial charge < -0.3 is 29.4 Å². The summed E-state index contributed by atoms with van der Waals surface area (Å²) in [5, 5.41) is 33.2. The van der Waals surface area contributed by atoms with Gasteiger partial charge in [0.1, 0.15) is 11.4 Å². The number of hydrogen-bond acceptors (Lipinski definition) is 8. The fourth-order valence-electron chi connectivity index (χ4n) is 4.53. The molecule has 1 aliphatic heterocycles. The second kappa shape index (κ2) is 9.59. The van der Waals surface area contributed by atoms with E-state index in [1.807, 2.05) is 6.92 Å². The summed E-state index contributed by atoms with van der Waals surface area (Å²) in [6.45, 7) is 4.17. The topological polar surface area (TPSA) is 142 Å². The maximum atomic E-state index is 13.2. The van der Waals surface area contributed by atoms with Crippen molar-refractivity contribution >= 4 is 22.8 Å². The number of aliphatic hydroxyl groups is 2. The Labute approximate surface area is 217 Å². The summed E-state index contributed by atoms with van der Waals surface area (Å²) >= 11 is 0. The van der Waals surface area contributed by atoms with Gasteiger partial charge in [0.05, 0.1) is 36.0 Å². The van der Waals surface area contributed by atoms with E-state index in [1.54, 1.807) is 18.2 Å². The van der Waals surface area contributed by atoms with E-state index in [-0.39, 0.29) is 53.6 Å². The van der Waals surface area contributed by atoms with Gasteiger partial charge in [0.2, 0.25) is 0 Å². The van der Waals surface area contributed by atoms with E-state index >= 15 is 0 Å².